The molecule has 2 aromatic carbocycles. The van der Waals surface area contributed by atoms with Gasteiger partial charge >= 0.3 is 12.1 Å². The SMILES string of the molecule is CC(C(=O)O)(c1ccccc1C(F)(F)F)n1cc2cc(C=O)ccc2n1. The topological polar surface area (TPSA) is 72.2 Å². The average molecular weight is 362 g/mol. The molecule has 0 saturated heterocycles. The molecule has 0 amide bonds. The summed E-state index contributed by atoms with van der Waals surface area (Å²) in [5.74, 6) is -1.49. The minimum Gasteiger partial charge on any atom is -0.479 e. The number of fused-ring (bicyclic) bond motifs is 1. The summed E-state index contributed by atoms with van der Waals surface area (Å²) in [6, 6.07) is 9.00. The first-order valence-electron chi connectivity index (χ1n) is 7.53. The molecule has 134 valence electrons. The summed E-state index contributed by atoms with van der Waals surface area (Å²) < 4.78 is 41.2. The summed E-state index contributed by atoms with van der Waals surface area (Å²) in [4.78, 5) is 22.9. The van der Waals surface area contributed by atoms with Gasteiger partial charge in [-0.2, -0.15) is 18.3 Å². The van der Waals surface area contributed by atoms with E-state index in [2.05, 4.69) is 5.10 Å². The van der Waals surface area contributed by atoms with Crippen LogP contribution >= 0.6 is 0 Å². The molecule has 26 heavy (non-hydrogen) atoms. The largest absolute Gasteiger partial charge is 0.479 e. The number of carbonyl (C=O) groups is 2. The van der Waals surface area contributed by atoms with Crippen molar-refractivity contribution in [2.75, 3.05) is 0 Å². The molecular weight excluding hydrogens is 349 g/mol. The fourth-order valence-corrected chi connectivity index (χ4v) is 2.84. The van der Waals surface area contributed by atoms with E-state index in [4.69, 9.17) is 0 Å². The maximum absolute atomic E-state index is 13.4. The molecule has 0 spiro atoms. The molecule has 1 heterocycles. The van der Waals surface area contributed by atoms with E-state index in [0.29, 0.717) is 22.8 Å². The Morgan fingerprint density at radius 1 is 1.15 bits per heavy atom. The quantitative estimate of drug-likeness (QED) is 0.718. The van der Waals surface area contributed by atoms with Crippen molar-refractivity contribution in [3.63, 3.8) is 0 Å². The van der Waals surface area contributed by atoms with Crippen molar-refractivity contribution in [2.45, 2.75) is 18.6 Å². The minimum absolute atomic E-state index is 0.352. The van der Waals surface area contributed by atoms with Gasteiger partial charge in [-0.05, 0) is 31.2 Å². The van der Waals surface area contributed by atoms with Gasteiger partial charge in [0.1, 0.15) is 6.29 Å². The van der Waals surface area contributed by atoms with Gasteiger partial charge in [0.15, 0.2) is 5.54 Å². The van der Waals surface area contributed by atoms with Crippen LogP contribution in [0.2, 0.25) is 0 Å². The summed E-state index contributed by atoms with van der Waals surface area (Å²) in [7, 11) is 0. The van der Waals surface area contributed by atoms with Crippen molar-refractivity contribution < 1.29 is 27.9 Å². The highest BCUT2D eigenvalue weighted by atomic mass is 19.4. The molecule has 3 rings (SSSR count). The number of benzene rings is 2. The number of carboxylic acid groups (broad SMARTS) is 1. The van der Waals surface area contributed by atoms with Crippen LogP contribution in [-0.2, 0) is 16.5 Å². The van der Waals surface area contributed by atoms with Gasteiger partial charge in [-0.25, -0.2) is 9.48 Å². The number of rotatable bonds is 4. The number of hydrogen-bond acceptors (Lipinski definition) is 3. The van der Waals surface area contributed by atoms with E-state index in [9.17, 15) is 27.9 Å². The number of nitrogens with zero attached hydrogens (tertiary/aromatic N) is 2. The van der Waals surface area contributed by atoms with Crippen LogP contribution in [0.1, 0.15) is 28.4 Å². The lowest BCUT2D eigenvalue weighted by Crippen LogP contribution is -2.42. The Morgan fingerprint density at radius 2 is 1.81 bits per heavy atom. The van der Waals surface area contributed by atoms with E-state index in [1.165, 1.54) is 36.5 Å². The Bertz CT molecular complexity index is 1010. The maximum atomic E-state index is 13.4. The van der Waals surface area contributed by atoms with Crippen molar-refractivity contribution in [1.82, 2.24) is 9.78 Å². The Morgan fingerprint density at radius 3 is 2.38 bits per heavy atom. The van der Waals surface area contributed by atoms with Gasteiger partial charge in [-0.15, -0.1) is 0 Å². The van der Waals surface area contributed by atoms with Crippen molar-refractivity contribution in [3.05, 3.63) is 65.4 Å². The number of carboxylic acids is 1. The third-order valence-corrected chi connectivity index (χ3v) is 4.30. The van der Waals surface area contributed by atoms with Crippen LogP contribution in [0.15, 0.2) is 48.7 Å². The average Bonchev–Trinajstić information content (AvgIpc) is 3.03. The van der Waals surface area contributed by atoms with Crippen LogP contribution in [0.3, 0.4) is 0 Å². The fourth-order valence-electron chi connectivity index (χ4n) is 2.84. The van der Waals surface area contributed by atoms with Crippen LogP contribution in [-0.4, -0.2) is 27.1 Å². The summed E-state index contributed by atoms with van der Waals surface area (Å²) >= 11 is 0. The normalized spacial score (nSPS) is 14.2. The smallest absolute Gasteiger partial charge is 0.416 e. The molecule has 1 unspecified atom stereocenters. The molecular formula is C18H13F3N2O3. The number of aliphatic carboxylic acids is 1. The van der Waals surface area contributed by atoms with Crippen LogP contribution in [0.4, 0.5) is 13.2 Å². The van der Waals surface area contributed by atoms with Crippen molar-refractivity contribution in [2.24, 2.45) is 0 Å². The van der Waals surface area contributed by atoms with Gasteiger partial charge < -0.3 is 5.11 Å². The van der Waals surface area contributed by atoms with Gasteiger partial charge in [0.05, 0.1) is 11.1 Å². The molecule has 3 aromatic rings. The Labute approximate surface area is 145 Å². The third-order valence-electron chi connectivity index (χ3n) is 4.30. The minimum atomic E-state index is -4.72. The number of hydrogen-bond donors (Lipinski definition) is 1. The predicted molar refractivity (Wildman–Crippen MR) is 87.0 cm³/mol. The van der Waals surface area contributed by atoms with Gasteiger partial charge in [-0.3, -0.25) is 4.79 Å². The molecule has 1 atom stereocenters. The highest BCUT2D eigenvalue weighted by Gasteiger charge is 2.45. The van der Waals surface area contributed by atoms with E-state index in [1.54, 1.807) is 0 Å². The number of carbonyl (C=O) groups excluding carboxylic acids is 1. The second-order valence-corrected chi connectivity index (χ2v) is 5.93. The maximum Gasteiger partial charge on any atom is 0.416 e. The van der Waals surface area contributed by atoms with Crippen molar-refractivity contribution in [3.8, 4) is 0 Å². The lowest BCUT2D eigenvalue weighted by atomic mass is 9.88. The molecule has 1 aromatic heterocycles. The number of halogens is 3. The van der Waals surface area contributed by atoms with Gasteiger partial charge in [0, 0.05) is 22.7 Å². The van der Waals surface area contributed by atoms with Gasteiger partial charge in [0.2, 0.25) is 0 Å². The van der Waals surface area contributed by atoms with E-state index in [0.717, 1.165) is 23.7 Å². The zero-order valence-corrected chi connectivity index (χ0v) is 13.5. The number of alkyl halides is 3. The Kier molecular flexibility index (Phi) is 4.06. The van der Waals surface area contributed by atoms with E-state index in [-0.39, 0.29) is 0 Å². The zero-order valence-electron chi connectivity index (χ0n) is 13.5. The second kappa shape index (κ2) is 5.98. The van der Waals surface area contributed by atoms with Gasteiger partial charge in [-0.1, -0.05) is 18.2 Å². The van der Waals surface area contributed by atoms with E-state index in [1.807, 2.05) is 0 Å². The van der Waals surface area contributed by atoms with Gasteiger partial charge in [0.25, 0.3) is 0 Å². The van der Waals surface area contributed by atoms with Crippen LogP contribution < -0.4 is 0 Å². The first-order chi connectivity index (χ1) is 12.2. The summed E-state index contributed by atoms with van der Waals surface area (Å²) in [6.07, 6.45) is -2.78. The lowest BCUT2D eigenvalue weighted by molar-refractivity contribution is -0.147. The van der Waals surface area contributed by atoms with E-state index >= 15 is 0 Å². The second-order valence-electron chi connectivity index (χ2n) is 5.93. The molecule has 0 aliphatic carbocycles. The molecule has 1 N–H and O–H groups in total. The number of aldehydes is 1. The first kappa shape index (κ1) is 17.7. The van der Waals surface area contributed by atoms with Crippen molar-refractivity contribution >= 4 is 23.2 Å². The third kappa shape index (κ3) is 2.73. The van der Waals surface area contributed by atoms with Crippen LogP contribution in [0.25, 0.3) is 10.9 Å². The van der Waals surface area contributed by atoms with E-state index < -0.39 is 28.8 Å². The fraction of sp³-hybridized carbons (Fsp3) is 0.167. The van der Waals surface area contributed by atoms with Crippen LogP contribution in [0.5, 0.6) is 0 Å². The highest BCUT2D eigenvalue weighted by Crippen LogP contribution is 2.38. The summed E-state index contributed by atoms with van der Waals surface area (Å²) in [5, 5.41) is 14.4. The molecule has 0 saturated carbocycles. The molecule has 0 radical (unpaired) electrons. The molecule has 5 nitrogen and oxygen atoms in total. The summed E-state index contributed by atoms with van der Waals surface area (Å²) in [5.41, 5.74) is -2.84. The lowest BCUT2D eigenvalue weighted by Gasteiger charge is -2.28. The van der Waals surface area contributed by atoms with Crippen molar-refractivity contribution in [1.29, 1.82) is 0 Å². The first-order valence-corrected chi connectivity index (χ1v) is 7.53. The zero-order chi connectivity index (χ0) is 19.1. The molecule has 8 heteroatoms. The summed E-state index contributed by atoms with van der Waals surface area (Å²) in [6.45, 7) is 1.16. The molecule has 0 aliphatic heterocycles. The molecule has 0 aliphatic rings. The Balaban J connectivity index is 2.28. The molecule has 0 bridgehead atoms. The Hall–Kier alpha value is -3.16. The predicted octanol–water partition coefficient (Wildman–Crippen LogP) is 3.72. The number of aromatic nitrogens is 2. The monoisotopic (exact) mass is 362 g/mol. The van der Waals surface area contributed by atoms with Crippen LogP contribution in [0, 0.1) is 0 Å². The standard InChI is InChI=1S/C18H13F3N2O3/c1-17(16(25)26,13-4-2-3-5-14(13)18(19,20)21)23-9-12-8-11(10-24)6-7-15(12)22-23/h2-10H,1H3,(H,25,26). The molecule has 0 fully saturated rings. The highest BCUT2D eigenvalue weighted by molar-refractivity contribution is 5.88.